The highest BCUT2D eigenvalue weighted by Crippen LogP contribution is 2.27. The van der Waals surface area contributed by atoms with Crippen molar-refractivity contribution in [2.45, 2.75) is 58.5 Å². The van der Waals surface area contributed by atoms with Gasteiger partial charge in [-0.3, -0.25) is 5.10 Å². The Bertz CT molecular complexity index is 564. The SMILES string of the molecule is CCC1CCC(NCc2cn[nH]c2-c2ccc(C)o2)CC1. The van der Waals surface area contributed by atoms with E-state index in [1.165, 1.54) is 37.7 Å². The minimum Gasteiger partial charge on any atom is -0.460 e. The molecular weight excluding hydrogens is 262 g/mol. The van der Waals surface area contributed by atoms with E-state index in [1.807, 2.05) is 25.3 Å². The molecule has 4 nitrogen and oxygen atoms in total. The fourth-order valence-electron chi connectivity index (χ4n) is 3.26. The smallest absolute Gasteiger partial charge is 0.152 e. The third kappa shape index (κ3) is 3.38. The lowest BCUT2D eigenvalue weighted by Gasteiger charge is -2.28. The highest BCUT2D eigenvalue weighted by Gasteiger charge is 2.20. The van der Waals surface area contributed by atoms with E-state index in [2.05, 4.69) is 22.4 Å². The number of H-pyrrole nitrogens is 1. The topological polar surface area (TPSA) is 53.9 Å². The van der Waals surface area contributed by atoms with Crippen LogP contribution in [0.4, 0.5) is 0 Å². The van der Waals surface area contributed by atoms with Crippen LogP contribution in [-0.2, 0) is 6.54 Å². The molecular formula is C17H25N3O. The summed E-state index contributed by atoms with van der Waals surface area (Å²) in [5, 5.41) is 10.9. The van der Waals surface area contributed by atoms with Crippen molar-refractivity contribution in [3.05, 3.63) is 29.7 Å². The summed E-state index contributed by atoms with van der Waals surface area (Å²) in [4.78, 5) is 0. The second-order valence-corrected chi connectivity index (χ2v) is 6.19. The van der Waals surface area contributed by atoms with Gasteiger partial charge in [0, 0.05) is 18.2 Å². The highest BCUT2D eigenvalue weighted by molar-refractivity contribution is 5.56. The minimum absolute atomic E-state index is 0.647. The quantitative estimate of drug-likeness (QED) is 0.872. The molecule has 0 radical (unpaired) electrons. The molecule has 2 aromatic rings. The van der Waals surface area contributed by atoms with E-state index in [-0.39, 0.29) is 0 Å². The molecule has 3 rings (SSSR count). The van der Waals surface area contributed by atoms with Crippen LogP contribution in [0.3, 0.4) is 0 Å². The average molecular weight is 287 g/mol. The third-order valence-corrected chi connectivity index (χ3v) is 4.71. The Morgan fingerprint density at radius 1 is 1.29 bits per heavy atom. The van der Waals surface area contributed by atoms with Crippen LogP contribution in [0.1, 0.15) is 50.4 Å². The van der Waals surface area contributed by atoms with Crippen LogP contribution < -0.4 is 5.32 Å². The molecule has 1 aliphatic rings. The van der Waals surface area contributed by atoms with Crippen LogP contribution in [0.5, 0.6) is 0 Å². The van der Waals surface area contributed by atoms with Gasteiger partial charge in [0.2, 0.25) is 0 Å². The van der Waals surface area contributed by atoms with Crippen LogP contribution in [0.2, 0.25) is 0 Å². The monoisotopic (exact) mass is 287 g/mol. The van der Waals surface area contributed by atoms with Gasteiger partial charge in [0.1, 0.15) is 11.5 Å². The van der Waals surface area contributed by atoms with Crippen molar-refractivity contribution in [2.24, 2.45) is 5.92 Å². The Labute approximate surface area is 126 Å². The third-order valence-electron chi connectivity index (χ3n) is 4.71. The summed E-state index contributed by atoms with van der Waals surface area (Å²) in [6.07, 6.45) is 8.55. The van der Waals surface area contributed by atoms with Crippen LogP contribution in [0, 0.1) is 12.8 Å². The molecule has 0 bridgehead atoms. The zero-order valence-corrected chi connectivity index (χ0v) is 13.0. The fraction of sp³-hybridized carbons (Fsp3) is 0.588. The molecule has 21 heavy (non-hydrogen) atoms. The van der Waals surface area contributed by atoms with Crippen LogP contribution in [-0.4, -0.2) is 16.2 Å². The molecule has 0 aliphatic heterocycles. The lowest BCUT2D eigenvalue weighted by Crippen LogP contribution is -2.32. The van der Waals surface area contributed by atoms with E-state index in [0.717, 1.165) is 29.7 Å². The van der Waals surface area contributed by atoms with E-state index in [4.69, 9.17) is 4.42 Å². The van der Waals surface area contributed by atoms with Gasteiger partial charge in [-0.05, 0) is 50.7 Å². The maximum Gasteiger partial charge on any atom is 0.152 e. The number of aryl methyl sites for hydroxylation is 1. The zero-order chi connectivity index (χ0) is 14.7. The zero-order valence-electron chi connectivity index (χ0n) is 13.0. The Kier molecular flexibility index (Phi) is 4.44. The van der Waals surface area contributed by atoms with Crippen molar-refractivity contribution in [3.8, 4) is 11.5 Å². The Balaban J connectivity index is 1.58. The minimum atomic E-state index is 0.647. The van der Waals surface area contributed by atoms with Gasteiger partial charge in [-0.25, -0.2) is 0 Å². The number of furan rings is 1. The summed E-state index contributed by atoms with van der Waals surface area (Å²) in [5.74, 6) is 2.74. The van der Waals surface area contributed by atoms with E-state index < -0.39 is 0 Å². The van der Waals surface area contributed by atoms with Gasteiger partial charge < -0.3 is 9.73 Å². The second-order valence-electron chi connectivity index (χ2n) is 6.19. The van der Waals surface area contributed by atoms with Crippen molar-refractivity contribution in [2.75, 3.05) is 0 Å². The van der Waals surface area contributed by atoms with E-state index in [0.29, 0.717) is 6.04 Å². The maximum atomic E-state index is 5.69. The Morgan fingerprint density at radius 2 is 2.10 bits per heavy atom. The molecule has 1 fully saturated rings. The molecule has 1 aliphatic carbocycles. The molecule has 0 spiro atoms. The number of aromatic nitrogens is 2. The van der Waals surface area contributed by atoms with Gasteiger partial charge in [0.25, 0.3) is 0 Å². The first kappa shape index (κ1) is 14.4. The van der Waals surface area contributed by atoms with E-state index in [1.54, 1.807) is 0 Å². The predicted molar refractivity (Wildman–Crippen MR) is 83.9 cm³/mol. The summed E-state index contributed by atoms with van der Waals surface area (Å²) < 4.78 is 5.69. The molecule has 0 aromatic carbocycles. The van der Waals surface area contributed by atoms with Crippen molar-refractivity contribution in [1.29, 1.82) is 0 Å². The fourth-order valence-corrected chi connectivity index (χ4v) is 3.26. The number of nitrogens with zero attached hydrogens (tertiary/aromatic N) is 1. The standard InChI is InChI=1S/C17H25N3O/c1-3-13-5-7-15(8-6-13)18-10-14-11-19-20-17(14)16-9-4-12(2)21-16/h4,9,11,13,15,18H,3,5-8,10H2,1-2H3,(H,19,20). The van der Waals surface area contributed by atoms with Crippen LogP contribution >= 0.6 is 0 Å². The normalized spacial score (nSPS) is 22.6. The number of rotatable bonds is 5. The van der Waals surface area contributed by atoms with Gasteiger partial charge >= 0.3 is 0 Å². The molecule has 114 valence electrons. The Hall–Kier alpha value is -1.55. The molecule has 0 atom stereocenters. The van der Waals surface area contributed by atoms with Gasteiger partial charge in [-0.15, -0.1) is 0 Å². The summed E-state index contributed by atoms with van der Waals surface area (Å²) in [7, 11) is 0. The molecule has 2 heterocycles. The molecule has 0 amide bonds. The van der Waals surface area contributed by atoms with Gasteiger partial charge in [-0.2, -0.15) is 5.10 Å². The van der Waals surface area contributed by atoms with Gasteiger partial charge in [-0.1, -0.05) is 13.3 Å². The van der Waals surface area contributed by atoms with Crippen molar-refractivity contribution >= 4 is 0 Å². The number of hydrogen-bond donors (Lipinski definition) is 2. The summed E-state index contributed by atoms with van der Waals surface area (Å²) >= 11 is 0. The van der Waals surface area contributed by atoms with Crippen molar-refractivity contribution < 1.29 is 4.42 Å². The summed E-state index contributed by atoms with van der Waals surface area (Å²) in [6.45, 7) is 5.12. The van der Waals surface area contributed by atoms with Crippen molar-refractivity contribution in [1.82, 2.24) is 15.5 Å². The van der Waals surface area contributed by atoms with Crippen LogP contribution in [0.25, 0.3) is 11.5 Å². The Morgan fingerprint density at radius 3 is 2.76 bits per heavy atom. The first-order chi connectivity index (χ1) is 10.3. The van der Waals surface area contributed by atoms with Crippen molar-refractivity contribution in [3.63, 3.8) is 0 Å². The number of hydrogen-bond acceptors (Lipinski definition) is 3. The molecule has 4 heteroatoms. The molecule has 0 unspecified atom stereocenters. The first-order valence-corrected chi connectivity index (χ1v) is 8.08. The molecule has 1 saturated carbocycles. The average Bonchev–Trinajstić information content (AvgIpc) is 3.14. The molecule has 2 N–H and O–H groups in total. The lowest BCUT2D eigenvalue weighted by molar-refractivity contribution is 0.285. The number of aromatic amines is 1. The van der Waals surface area contributed by atoms with E-state index in [9.17, 15) is 0 Å². The van der Waals surface area contributed by atoms with Gasteiger partial charge in [0.05, 0.1) is 6.20 Å². The maximum absolute atomic E-state index is 5.69. The number of nitrogens with one attached hydrogen (secondary N) is 2. The molecule has 2 aromatic heterocycles. The first-order valence-electron chi connectivity index (χ1n) is 8.08. The summed E-state index contributed by atoms with van der Waals surface area (Å²) in [5.41, 5.74) is 2.18. The van der Waals surface area contributed by atoms with Gasteiger partial charge in [0.15, 0.2) is 5.76 Å². The predicted octanol–water partition coefficient (Wildman–Crippen LogP) is 4.04. The summed E-state index contributed by atoms with van der Waals surface area (Å²) in [6, 6.07) is 4.63. The van der Waals surface area contributed by atoms with E-state index >= 15 is 0 Å². The molecule has 0 saturated heterocycles. The second kappa shape index (κ2) is 6.48. The van der Waals surface area contributed by atoms with Crippen LogP contribution in [0.15, 0.2) is 22.7 Å². The lowest BCUT2D eigenvalue weighted by atomic mass is 9.84. The highest BCUT2D eigenvalue weighted by atomic mass is 16.3. The largest absolute Gasteiger partial charge is 0.460 e.